The minimum Gasteiger partial charge on any atom is -0.231 e. The van der Waals surface area contributed by atoms with Crippen molar-refractivity contribution >= 4 is 5.71 Å². The molecule has 0 aliphatic carbocycles. The van der Waals surface area contributed by atoms with Crippen molar-refractivity contribution in [1.82, 2.24) is 0 Å². The fraction of sp³-hybridized carbons (Fsp3) is 0.483. The van der Waals surface area contributed by atoms with Gasteiger partial charge in [-0.25, -0.2) is 4.58 Å². The molecule has 2 aromatic rings. The summed E-state index contributed by atoms with van der Waals surface area (Å²) in [6.45, 7) is 9.13. The van der Waals surface area contributed by atoms with Gasteiger partial charge in [-0.15, -0.1) is 0 Å². The van der Waals surface area contributed by atoms with Gasteiger partial charge in [0.15, 0.2) is 0 Å². The monoisotopic (exact) mass is 409 g/mol. The van der Waals surface area contributed by atoms with Crippen molar-refractivity contribution in [2.24, 2.45) is 17.3 Å². The van der Waals surface area contributed by atoms with Crippen LogP contribution in [0.25, 0.3) is 11.1 Å². The van der Waals surface area contributed by atoms with E-state index in [4.69, 9.17) is 9.60 Å². The molecule has 0 amide bonds. The Morgan fingerprint density at radius 3 is 2.40 bits per heavy atom. The molecule has 0 spiro atoms. The van der Waals surface area contributed by atoms with Crippen LogP contribution in [0.15, 0.2) is 54.1 Å². The molecule has 2 aromatic carbocycles. The number of benzene rings is 2. The summed E-state index contributed by atoms with van der Waals surface area (Å²) in [4.78, 5) is 0. The summed E-state index contributed by atoms with van der Waals surface area (Å²) in [7, 11) is 1.90. The van der Waals surface area contributed by atoms with Gasteiger partial charge in [0.25, 0.3) is 0 Å². The van der Waals surface area contributed by atoms with Crippen molar-refractivity contribution in [3.8, 4) is 11.1 Å². The molecule has 1 atom stereocenters. The summed E-state index contributed by atoms with van der Waals surface area (Å²) >= 11 is 0. The summed E-state index contributed by atoms with van der Waals surface area (Å²) in [5.41, 5.74) is 3.78. The molecule has 1 heterocycles. The van der Waals surface area contributed by atoms with E-state index in [0.717, 1.165) is 22.4 Å². The minimum atomic E-state index is -2.29. The van der Waals surface area contributed by atoms with Gasteiger partial charge in [0.05, 0.1) is 0 Å². The van der Waals surface area contributed by atoms with Crippen LogP contribution in [0.3, 0.4) is 0 Å². The maximum absolute atomic E-state index is 9.11. The fourth-order valence-electron chi connectivity index (χ4n) is 4.05. The smallest absolute Gasteiger partial charge is 0.207 e. The van der Waals surface area contributed by atoms with Crippen LogP contribution in [0.2, 0.25) is 0 Å². The van der Waals surface area contributed by atoms with E-state index in [0.29, 0.717) is 17.7 Å². The molecular formula is C29H40N+. The molecule has 1 nitrogen and oxygen atoms in total. The summed E-state index contributed by atoms with van der Waals surface area (Å²) in [6.07, 6.45) is -1.55. The lowest BCUT2D eigenvalue weighted by atomic mass is 9.77. The first-order chi connectivity index (χ1) is 16.8. The van der Waals surface area contributed by atoms with E-state index in [1.165, 1.54) is 0 Å². The average Bonchev–Trinajstić information content (AvgIpc) is 2.78. The molecule has 0 N–H and O–H groups in total. The molecule has 0 aromatic heterocycles. The van der Waals surface area contributed by atoms with Crippen molar-refractivity contribution < 1.29 is 14.2 Å². The second kappa shape index (κ2) is 8.92. The molecule has 0 radical (unpaired) electrons. The summed E-state index contributed by atoms with van der Waals surface area (Å²) in [5.74, 6) is -0.928. The van der Waals surface area contributed by atoms with E-state index in [2.05, 4.69) is 0 Å². The summed E-state index contributed by atoms with van der Waals surface area (Å²) < 4.78 is 62.4. The molecule has 1 heteroatoms. The van der Waals surface area contributed by atoms with Crippen molar-refractivity contribution in [1.29, 1.82) is 0 Å². The third-order valence-corrected chi connectivity index (χ3v) is 5.31. The van der Waals surface area contributed by atoms with Crippen LogP contribution in [-0.2, 0) is 0 Å². The van der Waals surface area contributed by atoms with Crippen LogP contribution in [0.4, 0.5) is 0 Å². The van der Waals surface area contributed by atoms with Gasteiger partial charge in [-0.3, -0.25) is 0 Å². The number of aryl methyl sites for hydroxylation is 2. The Morgan fingerprint density at radius 1 is 1.10 bits per heavy atom. The quantitative estimate of drug-likeness (QED) is 0.451. The maximum Gasteiger partial charge on any atom is 0.207 e. The van der Waals surface area contributed by atoms with Gasteiger partial charge < -0.3 is 0 Å². The topological polar surface area (TPSA) is 3.01 Å². The molecule has 0 saturated heterocycles. The van der Waals surface area contributed by atoms with Crippen LogP contribution >= 0.6 is 0 Å². The predicted molar refractivity (Wildman–Crippen MR) is 132 cm³/mol. The van der Waals surface area contributed by atoms with E-state index in [-0.39, 0.29) is 11.5 Å². The van der Waals surface area contributed by atoms with Crippen molar-refractivity contribution in [3.63, 3.8) is 0 Å². The Kier molecular flexibility index (Phi) is 4.40. The van der Waals surface area contributed by atoms with E-state index in [1.54, 1.807) is 6.07 Å². The van der Waals surface area contributed by atoms with E-state index >= 15 is 0 Å². The Hall–Kier alpha value is -2.15. The van der Waals surface area contributed by atoms with Crippen molar-refractivity contribution in [2.45, 2.75) is 61.1 Å². The normalized spacial score (nSPS) is 22.3. The zero-order valence-corrected chi connectivity index (χ0v) is 19.4. The maximum atomic E-state index is 9.11. The Labute approximate surface area is 194 Å². The highest BCUT2D eigenvalue weighted by atomic mass is 15.0. The Morgan fingerprint density at radius 2 is 1.80 bits per heavy atom. The first-order valence-corrected chi connectivity index (χ1v) is 10.8. The molecule has 160 valence electrons. The number of allylic oxidation sites excluding steroid dienone is 1. The molecule has 1 aliphatic rings. The zero-order valence-electron chi connectivity index (χ0n) is 26.4. The van der Waals surface area contributed by atoms with Gasteiger partial charge in [0.2, 0.25) is 5.71 Å². The lowest BCUT2D eigenvalue weighted by Crippen LogP contribution is -2.32. The first kappa shape index (κ1) is 14.8. The van der Waals surface area contributed by atoms with Gasteiger partial charge in [0.1, 0.15) is 13.6 Å². The lowest BCUT2D eigenvalue weighted by molar-refractivity contribution is -0.504. The van der Waals surface area contributed by atoms with Crippen LogP contribution in [0, 0.1) is 31.0 Å². The van der Waals surface area contributed by atoms with Crippen LogP contribution in [0.1, 0.15) is 73.7 Å². The molecule has 0 bridgehead atoms. The Balaban J connectivity index is 2.32. The highest BCUT2D eigenvalue weighted by Gasteiger charge is 2.31. The van der Waals surface area contributed by atoms with Gasteiger partial charge in [-0.1, -0.05) is 76.6 Å². The van der Waals surface area contributed by atoms with Gasteiger partial charge in [0, 0.05) is 27.2 Å². The highest BCUT2D eigenvalue weighted by molar-refractivity contribution is 6.08. The highest BCUT2D eigenvalue weighted by Crippen LogP contribution is 2.35. The van der Waals surface area contributed by atoms with Crippen molar-refractivity contribution in [2.75, 3.05) is 13.6 Å². The molecule has 0 fully saturated rings. The van der Waals surface area contributed by atoms with Crippen LogP contribution < -0.4 is 0 Å². The van der Waals surface area contributed by atoms with E-state index in [9.17, 15) is 0 Å². The number of rotatable bonds is 5. The molecule has 3 rings (SSSR count). The average molecular weight is 410 g/mol. The van der Waals surface area contributed by atoms with Crippen LogP contribution in [0.5, 0.6) is 0 Å². The summed E-state index contributed by atoms with van der Waals surface area (Å²) in [5, 5.41) is 0. The van der Waals surface area contributed by atoms with Crippen LogP contribution in [-0.4, -0.2) is 23.9 Å². The Bertz CT molecular complexity index is 1210. The van der Waals surface area contributed by atoms with E-state index < -0.39 is 30.9 Å². The minimum absolute atomic E-state index is 0.280. The predicted octanol–water partition coefficient (Wildman–Crippen LogP) is 7.44. The molecular weight excluding hydrogens is 362 g/mol. The van der Waals surface area contributed by atoms with Crippen molar-refractivity contribution in [3.05, 3.63) is 70.8 Å². The summed E-state index contributed by atoms with van der Waals surface area (Å²) in [6, 6.07) is 13.1. The third-order valence-electron chi connectivity index (χ3n) is 5.31. The van der Waals surface area contributed by atoms with E-state index in [1.807, 2.05) is 95.6 Å². The first-order valence-electron chi connectivity index (χ1n) is 14.3. The molecule has 1 aliphatic heterocycles. The second-order valence-electron chi connectivity index (χ2n) is 9.69. The zero-order chi connectivity index (χ0) is 28.1. The lowest BCUT2D eigenvalue weighted by Gasteiger charge is -2.29. The number of nitrogens with zero attached hydrogens (tertiary/aromatic N) is 1. The molecule has 0 saturated carbocycles. The second-order valence-corrected chi connectivity index (χ2v) is 9.69. The number of hydrogen-bond donors (Lipinski definition) is 0. The fourth-order valence-corrected chi connectivity index (χ4v) is 4.05. The SMILES string of the molecule is [2H]C([2H])([2H])c1cc(C)c(C2=[N+](C)CC(C([2H])([2H])C(C)C)C(C([2H])([2H])C(C)(C)C)=C2)cc1-c1ccccc1. The van der Waals surface area contributed by atoms with Gasteiger partial charge in [-0.2, -0.15) is 0 Å². The van der Waals surface area contributed by atoms with Gasteiger partial charge in [-0.05, 0) is 66.2 Å². The third kappa shape index (κ3) is 5.31. The standard InChI is InChI=1S/C29H40N/c1-20(2)14-25-19-30(8)28(16-24(25)18-29(5,6)7)27-17-26(21(3)15-22(27)4)23-12-10-9-11-13-23/h9-13,15-17,20,25H,14,18-19H2,1-8H3/q+1/i3D3,14D2,18D2. The molecule has 30 heavy (non-hydrogen) atoms. The number of hydrogen-bond acceptors (Lipinski definition) is 0. The molecule has 1 unspecified atom stereocenters. The van der Waals surface area contributed by atoms with Gasteiger partial charge >= 0.3 is 0 Å². The largest absolute Gasteiger partial charge is 0.231 e.